The van der Waals surface area contributed by atoms with Crippen LogP contribution in [0.5, 0.6) is 0 Å². The van der Waals surface area contributed by atoms with E-state index in [9.17, 15) is 14.3 Å². The van der Waals surface area contributed by atoms with Crippen LogP contribution in [-0.4, -0.2) is 32.0 Å². The van der Waals surface area contributed by atoms with E-state index >= 15 is 4.39 Å². The number of aliphatic hydroxyl groups is 1. The third-order valence-corrected chi connectivity index (χ3v) is 9.00. The molecule has 2 heterocycles. The number of hydrogen-bond acceptors (Lipinski definition) is 8. The SMILES string of the molecule is CC(C)NCc1ccccc1NC(=O)OC(C)[n+]1cnn(CC(O)(c2cc(F)ccc2F)C(C)c2nc(-c3ccc(C#N)cc3)cs2)c1. The Morgan fingerprint density at radius 3 is 2.60 bits per heavy atom. The molecule has 0 fully saturated rings. The van der Waals surface area contributed by atoms with Crippen molar-refractivity contribution in [1.82, 2.24) is 20.1 Å². The van der Waals surface area contributed by atoms with Crippen LogP contribution in [0.1, 0.15) is 61.5 Å². The third kappa shape index (κ3) is 7.91. The van der Waals surface area contributed by atoms with E-state index in [4.69, 9.17) is 15.0 Å². The summed E-state index contributed by atoms with van der Waals surface area (Å²) in [5.74, 6) is -2.31. The molecule has 13 heteroatoms. The molecule has 248 valence electrons. The number of rotatable bonds is 12. The van der Waals surface area contributed by atoms with Gasteiger partial charge in [0.1, 0.15) is 23.8 Å². The molecule has 3 N–H and O–H groups in total. The van der Waals surface area contributed by atoms with Crippen LogP contribution in [0, 0.1) is 23.0 Å². The van der Waals surface area contributed by atoms with Crippen LogP contribution in [0.4, 0.5) is 19.3 Å². The zero-order chi connectivity index (χ0) is 34.4. The lowest BCUT2D eigenvalue weighted by Gasteiger charge is -2.32. The second-order valence-corrected chi connectivity index (χ2v) is 12.6. The van der Waals surface area contributed by atoms with Gasteiger partial charge < -0.3 is 15.2 Å². The second-order valence-electron chi connectivity index (χ2n) is 11.7. The van der Waals surface area contributed by atoms with Crippen LogP contribution < -0.4 is 15.2 Å². The fourth-order valence-corrected chi connectivity index (χ4v) is 6.12. The number of anilines is 1. The number of nitrogens with zero attached hydrogens (tertiary/aromatic N) is 5. The fourth-order valence-electron chi connectivity index (χ4n) is 5.15. The van der Waals surface area contributed by atoms with Gasteiger partial charge in [0.05, 0.1) is 22.3 Å². The number of aromatic nitrogens is 4. The molecule has 3 atom stereocenters. The van der Waals surface area contributed by atoms with Crippen LogP contribution >= 0.6 is 11.3 Å². The van der Waals surface area contributed by atoms with Crippen molar-refractivity contribution < 1.29 is 28.0 Å². The summed E-state index contributed by atoms with van der Waals surface area (Å²) < 4.78 is 38.2. The molecule has 0 aliphatic rings. The summed E-state index contributed by atoms with van der Waals surface area (Å²) in [5.41, 5.74) is 1.17. The van der Waals surface area contributed by atoms with Gasteiger partial charge in [0.15, 0.2) is 0 Å². The number of nitrogens with one attached hydrogen (secondary N) is 2. The van der Waals surface area contributed by atoms with Gasteiger partial charge in [0, 0.05) is 52.7 Å². The molecule has 3 unspecified atom stereocenters. The molecule has 0 aliphatic carbocycles. The lowest BCUT2D eigenvalue weighted by Crippen LogP contribution is -2.41. The Balaban J connectivity index is 1.35. The minimum Gasteiger partial charge on any atom is -0.412 e. The van der Waals surface area contributed by atoms with Crippen molar-refractivity contribution in [2.45, 2.75) is 64.6 Å². The molecule has 10 nitrogen and oxygen atoms in total. The van der Waals surface area contributed by atoms with Gasteiger partial charge in [-0.15, -0.1) is 16.0 Å². The van der Waals surface area contributed by atoms with Gasteiger partial charge in [-0.25, -0.2) is 18.6 Å². The van der Waals surface area contributed by atoms with E-state index in [0.29, 0.717) is 28.5 Å². The highest BCUT2D eigenvalue weighted by molar-refractivity contribution is 7.10. The first-order valence-electron chi connectivity index (χ1n) is 15.3. The first kappa shape index (κ1) is 34.3. The predicted molar refractivity (Wildman–Crippen MR) is 177 cm³/mol. The summed E-state index contributed by atoms with van der Waals surface area (Å²) in [6.45, 7) is 7.70. The molecule has 0 spiro atoms. The zero-order valence-electron chi connectivity index (χ0n) is 26.9. The summed E-state index contributed by atoms with van der Waals surface area (Å²) in [7, 11) is 0. The third-order valence-electron chi connectivity index (χ3n) is 7.97. The van der Waals surface area contributed by atoms with Crippen LogP contribution in [0.2, 0.25) is 0 Å². The first-order chi connectivity index (χ1) is 23.0. The normalized spacial score (nSPS) is 13.8. The molecule has 0 saturated heterocycles. The largest absolute Gasteiger partial charge is 0.414 e. The highest BCUT2D eigenvalue weighted by Crippen LogP contribution is 2.41. The van der Waals surface area contributed by atoms with Crippen LogP contribution in [0.3, 0.4) is 0 Å². The quantitative estimate of drug-likeness (QED) is 0.131. The smallest absolute Gasteiger partial charge is 0.412 e. The number of benzene rings is 3. The number of carbonyl (C=O) groups excluding carboxylic acids is 1. The minimum atomic E-state index is -2.00. The van der Waals surface area contributed by atoms with Gasteiger partial charge in [0.2, 0.25) is 12.6 Å². The lowest BCUT2D eigenvalue weighted by atomic mass is 9.82. The Labute approximate surface area is 281 Å². The predicted octanol–water partition coefficient (Wildman–Crippen LogP) is 6.40. The maximum absolute atomic E-state index is 15.3. The Bertz CT molecular complexity index is 1920. The van der Waals surface area contributed by atoms with E-state index in [1.54, 1.807) is 49.6 Å². The Hall–Kier alpha value is -5.03. The number of halogens is 2. The highest BCUT2D eigenvalue weighted by atomic mass is 32.1. The number of hydrogen-bond donors (Lipinski definition) is 3. The standard InChI is InChI=1S/C35H35F2N7O3S/c1-22(2)39-17-27-7-5-6-8-31(27)42-34(45)47-24(4)43-20-40-44(21-43)19-35(46,29-15-28(36)13-14-30(29)37)23(3)33-41-32(18-48-33)26-11-9-25(16-38)10-12-26/h5-15,18,20-24,39,46H,17,19H2,1-4H3/p+1. The molecule has 2 aromatic heterocycles. The first-order valence-corrected chi connectivity index (χ1v) is 16.2. The highest BCUT2D eigenvalue weighted by Gasteiger charge is 2.43. The molecule has 3 aromatic carbocycles. The number of amides is 1. The van der Waals surface area contributed by atoms with Crippen LogP contribution in [0.15, 0.2) is 84.8 Å². The van der Waals surface area contributed by atoms with E-state index in [-0.39, 0.29) is 18.2 Å². The van der Waals surface area contributed by atoms with Gasteiger partial charge in [-0.3, -0.25) is 5.32 Å². The van der Waals surface area contributed by atoms with Gasteiger partial charge in [0.25, 0.3) is 6.33 Å². The summed E-state index contributed by atoms with van der Waals surface area (Å²) in [5, 5.41) is 34.1. The number of thiazole rings is 1. The summed E-state index contributed by atoms with van der Waals surface area (Å²) in [6.07, 6.45) is 1.45. The number of carbonyl (C=O) groups is 1. The van der Waals surface area contributed by atoms with Crippen LogP contribution in [-0.2, 0) is 23.4 Å². The summed E-state index contributed by atoms with van der Waals surface area (Å²) in [4.78, 5) is 17.5. The van der Waals surface area contributed by atoms with Gasteiger partial charge in [-0.05, 0) is 42.0 Å². The molecule has 48 heavy (non-hydrogen) atoms. The maximum Gasteiger partial charge on any atom is 0.414 e. The summed E-state index contributed by atoms with van der Waals surface area (Å²) in [6, 6.07) is 19.6. The molecule has 5 aromatic rings. The van der Waals surface area contributed by atoms with Crippen LogP contribution in [0.25, 0.3) is 11.3 Å². The molecular formula is C35H36F2N7O3S+. The number of nitriles is 1. The zero-order valence-corrected chi connectivity index (χ0v) is 27.7. The van der Waals surface area contributed by atoms with E-state index in [1.165, 1.54) is 33.2 Å². The van der Waals surface area contributed by atoms with E-state index in [0.717, 1.165) is 29.3 Å². The second kappa shape index (κ2) is 14.8. The molecule has 0 aliphatic heterocycles. The molecular weight excluding hydrogens is 636 g/mol. The molecule has 0 saturated carbocycles. The van der Waals surface area contributed by atoms with Crippen molar-refractivity contribution in [2.24, 2.45) is 0 Å². The monoisotopic (exact) mass is 672 g/mol. The molecule has 5 rings (SSSR count). The van der Waals surface area contributed by atoms with Gasteiger partial charge in [-0.1, -0.05) is 51.1 Å². The Kier molecular flexibility index (Phi) is 10.6. The van der Waals surface area contributed by atoms with Crippen molar-refractivity contribution in [3.63, 3.8) is 0 Å². The van der Waals surface area contributed by atoms with Crippen molar-refractivity contribution >= 4 is 23.1 Å². The van der Waals surface area contributed by atoms with Crippen molar-refractivity contribution in [3.05, 3.63) is 118 Å². The minimum absolute atomic E-state index is 0.249. The average molecular weight is 673 g/mol. The molecule has 0 radical (unpaired) electrons. The van der Waals surface area contributed by atoms with E-state index in [2.05, 4.69) is 21.8 Å². The van der Waals surface area contributed by atoms with E-state index < -0.39 is 35.5 Å². The maximum atomic E-state index is 15.3. The van der Waals surface area contributed by atoms with Crippen molar-refractivity contribution in [1.29, 1.82) is 5.26 Å². The van der Waals surface area contributed by atoms with Gasteiger partial charge >= 0.3 is 6.09 Å². The van der Waals surface area contributed by atoms with Gasteiger partial charge in [-0.2, -0.15) is 9.83 Å². The number of ether oxygens (including phenoxy) is 1. The Morgan fingerprint density at radius 2 is 1.88 bits per heavy atom. The molecule has 1 amide bonds. The Morgan fingerprint density at radius 1 is 1.12 bits per heavy atom. The van der Waals surface area contributed by atoms with Crippen molar-refractivity contribution in [2.75, 3.05) is 5.32 Å². The topological polar surface area (TPSA) is 129 Å². The van der Waals surface area contributed by atoms with E-state index in [1.807, 2.05) is 32.0 Å². The molecule has 0 bridgehead atoms. The lowest BCUT2D eigenvalue weighted by molar-refractivity contribution is -0.753. The average Bonchev–Trinajstić information content (AvgIpc) is 3.75. The fraction of sp³-hybridized carbons (Fsp3) is 0.286. The summed E-state index contributed by atoms with van der Waals surface area (Å²) >= 11 is 1.27. The number of para-hydroxylation sites is 1. The van der Waals surface area contributed by atoms with Crippen molar-refractivity contribution in [3.8, 4) is 17.3 Å².